The Bertz CT molecular complexity index is 506. The lowest BCUT2D eigenvalue weighted by Crippen LogP contribution is -2.11. The Morgan fingerprint density at radius 3 is 1.96 bits per heavy atom. The molecule has 28 heavy (non-hydrogen) atoms. The first-order valence-electron chi connectivity index (χ1n) is 10.0. The van der Waals surface area contributed by atoms with E-state index < -0.39 is 5.97 Å². The van der Waals surface area contributed by atoms with E-state index in [9.17, 15) is 4.79 Å². The zero-order valence-corrected chi connectivity index (χ0v) is 16.9. The molecule has 0 fully saturated rings. The van der Waals surface area contributed by atoms with Crippen LogP contribution >= 0.6 is 0 Å². The minimum Gasteiger partial charge on any atom is -0.494 e. The van der Waals surface area contributed by atoms with Crippen LogP contribution in [-0.2, 0) is 19.0 Å². The van der Waals surface area contributed by atoms with Crippen LogP contribution in [0.1, 0.15) is 50.6 Å². The van der Waals surface area contributed by atoms with E-state index in [1.807, 2.05) is 31.2 Å². The predicted octanol–water partition coefficient (Wildman–Crippen LogP) is 3.17. The van der Waals surface area contributed by atoms with E-state index in [-0.39, 0.29) is 19.1 Å². The summed E-state index contributed by atoms with van der Waals surface area (Å²) in [6.07, 6.45) is 4.31. The fourth-order valence-corrected chi connectivity index (χ4v) is 2.42. The van der Waals surface area contributed by atoms with Crippen molar-refractivity contribution in [3.05, 3.63) is 29.8 Å². The summed E-state index contributed by atoms with van der Waals surface area (Å²) in [7, 11) is 0. The molecule has 0 aliphatic carbocycles. The first-order chi connectivity index (χ1) is 13.6. The molecule has 0 spiro atoms. The van der Waals surface area contributed by atoms with Gasteiger partial charge >= 0.3 is 5.97 Å². The number of hydrogen-bond donors (Lipinski definition) is 2. The molecular weight excluding hydrogens is 362 g/mol. The van der Waals surface area contributed by atoms with Crippen LogP contribution in [0.2, 0.25) is 0 Å². The summed E-state index contributed by atoms with van der Waals surface area (Å²) >= 11 is 0. The molecule has 0 aliphatic rings. The Labute approximate surface area is 168 Å². The van der Waals surface area contributed by atoms with Crippen LogP contribution < -0.4 is 10.5 Å². The summed E-state index contributed by atoms with van der Waals surface area (Å²) in [4.78, 5) is 10.3. The van der Waals surface area contributed by atoms with Gasteiger partial charge in [0.2, 0.25) is 0 Å². The second-order valence-electron chi connectivity index (χ2n) is 6.60. The number of hydrogen-bond acceptors (Lipinski definition) is 6. The van der Waals surface area contributed by atoms with Gasteiger partial charge in [0.1, 0.15) is 5.75 Å². The van der Waals surface area contributed by atoms with Crippen molar-refractivity contribution in [3.63, 3.8) is 0 Å². The molecule has 1 atom stereocenters. The maximum Gasteiger partial charge on any atom is 0.305 e. The van der Waals surface area contributed by atoms with E-state index >= 15 is 0 Å². The van der Waals surface area contributed by atoms with Gasteiger partial charge in [0.05, 0.1) is 46.1 Å². The van der Waals surface area contributed by atoms with Crippen molar-refractivity contribution in [2.45, 2.75) is 45.1 Å². The highest BCUT2D eigenvalue weighted by Gasteiger charge is 2.00. The van der Waals surface area contributed by atoms with Crippen molar-refractivity contribution in [2.75, 3.05) is 46.2 Å². The zero-order valence-electron chi connectivity index (χ0n) is 16.9. The fraction of sp³-hybridized carbons (Fsp3) is 0.667. The summed E-state index contributed by atoms with van der Waals surface area (Å²) in [5, 5.41) is 8.45. The Balaban J connectivity index is 1.80. The molecule has 0 saturated carbocycles. The van der Waals surface area contributed by atoms with Gasteiger partial charge in [-0.15, -0.1) is 0 Å². The second kappa shape index (κ2) is 16.3. The largest absolute Gasteiger partial charge is 0.494 e. The Morgan fingerprint density at radius 2 is 1.39 bits per heavy atom. The lowest BCUT2D eigenvalue weighted by atomic mass is 10.1. The van der Waals surface area contributed by atoms with Gasteiger partial charge in [-0.2, -0.15) is 0 Å². The number of rotatable bonds is 18. The quantitative estimate of drug-likeness (QED) is 0.367. The SMILES string of the molecule is C[C@@H](N)c1ccc(OCCCCCCOCCOCCOCCC(=O)O)cc1. The van der Waals surface area contributed by atoms with Crippen LogP contribution in [0, 0.1) is 0 Å². The molecule has 0 aliphatic heterocycles. The molecule has 7 nitrogen and oxygen atoms in total. The second-order valence-corrected chi connectivity index (χ2v) is 6.60. The Hall–Kier alpha value is -1.67. The summed E-state index contributed by atoms with van der Waals surface area (Å²) in [6, 6.07) is 8.00. The number of carbonyl (C=O) groups is 1. The van der Waals surface area contributed by atoms with Crippen molar-refractivity contribution < 1.29 is 28.8 Å². The van der Waals surface area contributed by atoms with E-state index in [1.54, 1.807) is 0 Å². The monoisotopic (exact) mass is 397 g/mol. The number of nitrogens with two attached hydrogens (primary N) is 1. The third-order valence-electron chi connectivity index (χ3n) is 4.06. The number of aliphatic carboxylic acids is 1. The van der Waals surface area contributed by atoms with Crippen LogP contribution in [-0.4, -0.2) is 57.3 Å². The van der Waals surface area contributed by atoms with Gasteiger partial charge in [-0.05, 0) is 43.9 Å². The van der Waals surface area contributed by atoms with Crippen LogP contribution in [0.25, 0.3) is 0 Å². The van der Waals surface area contributed by atoms with Crippen LogP contribution in [0.15, 0.2) is 24.3 Å². The highest BCUT2D eigenvalue weighted by molar-refractivity contribution is 5.66. The van der Waals surface area contributed by atoms with Crippen LogP contribution in [0.5, 0.6) is 5.75 Å². The lowest BCUT2D eigenvalue weighted by Gasteiger charge is -2.09. The van der Waals surface area contributed by atoms with E-state index in [0.29, 0.717) is 26.4 Å². The summed E-state index contributed by atoms with van der Waals surface area (Å²) < 4.78 is 21.7. The molecule has 0 saturated heterocycles. The molecule has 1 aromatic carbocycles. The summed E-state index contributed by atoms with van der Waals surface area (Å²) in [6.45, 7) is 5.60. The smallest absolute Gasteiger partial charge is 0.305 e. The average Bonchev–Trinajstić information content (AvgIpc) is 2.67. The molecule has 3 N–H and O–H groups in total. The van der Waals surface area contributed by atoms with E-state index in [1.165, 1.54) is 0 Å². The third-order valence-corrected chi connectivity index (χ3v) is 4.06. The van der Waals surface area contributed by atoms with Crippen molar-refractivity contribution in [1.29, 1.82) is 0 Å². The lowest BCUT2D eigenvalue weighted by molar-refractivity contribution is -0.138. The Kier molecular flexibility index (Phi) is 14.2. The number of carboxylic acids is 1. The van der Waals surface area contributed by atoms with Gasteiger partial charge in [0, 0.05) is 12.6 Å². The van der Waals surface area contributed by atoms with Crippen LogP contribution in [0.4, 0.5) is 0 Å². The molecule has 0 bridgehead atoms. The van der Waals surface area contributed by atoms with E-state index in [2.05, 4.69) is 0 Å². The molecule has 7 heteroatoms. The van der Waals surface area contributed by atoms with Gasteiger partial charge in [0.25, 0.3) is 0 Å². The maximum absolute atomic E-state index is 10.3. The molecule has 0 radical (unpaired) electrons. The van der Waals surface area contributed by atoms with Gasteiger partial charge in [-0.1, -0.05) is 18.6 Å². The zero-order chi connectivity index (χ0) is 20.5. The molecular formula is C21H35NO6. The Morgan fingerprint density at radius 1 is 0.857 bits per heavy atom. The van der Waals surface area contributed by atoms with Gasteiger partial charge in [-0.25, -0.2) is 0 Å². The molecule has 0 heterocycles. The fourth-order valence-electron chi connectivity index (χ4n) is 2.42. The van der Waals surface area contributed by atoms with Crippen molar-refractivity contribution in [3.8, 4) is 5.75 Å². The number of benzene rings is 1. The van der Waals surface area contributed by atoms with Crippen molar-refractivity contribution >= 4 is 5.97 Å². The maximum atomic E-state index is 10.3. The highest BCUT2D eigenvalue weighted by Crippen LogP contribution is 2.16. The topological polar surface area (TPSA) is 100 Å². The minimum absolute atomic E-state index is 0.0243. The van der Waals surface area contributed by atoms with E-state index in [4.69, 9.17) is 29.8 Å². The number of ether oxygens (including phenoxy) is 4. The van der Waals surface area contributed by atoms with Gasteiger partial charge in [0.15, 0.2) is 0 Å². The van der Waals surface area contributed by atoms with E-state index in [0.717, 1.165) is 50.2 Å². The van der Waals surface area contributed by atoms with Gasteiger partial charge in [-0.3, -0.25) is 4.79 Å². The van der Waals surface area contributed by atoms with Gasteiger partial charge < -0.3 is 29.8 Å². The summed E-state index contributed by atoms with van der Waals surface area (Å²) in [5.41, 5.74) is 6.94. The average molecular weight is 398 g/mol. The molecule has 160 valence electrons. The van der Waals surface area contributed by atoms with Crippen LogP contribution in [0.3, 0.4) is 0 Å². The predicted molar refractivity (Wildman–Crippen MR) is 108 cm³/mol. The minimum atomic E-state index is -0.853. The molecule has 0 unspecified atom stereocenters. The van der Waals surface area contributed by atoms with Crippen molar-refractivity contribution in [2.24, 2.45) is 5.73 Å². The molecule has 1 aromatic rings. The third kappa shape index (κ3) is 13.5. The molecule has 0 aromatic heterocycles. The molecule has 0 amide bonds. The number of unbranched alkanes of at least 4 members (excludes halogenated alkanes) is 3. The normalized spacial score (nSPS) is 12.1. The standard InChI is InChI=1S/C21H35NO6/c1-18(22)19-6-8-20(9-7-19)28-12-5-3-2-4-11-25-14-16-27-17-15-26-13-10-21(23)24/h6-9,18H,2-5,10-17,22H2,1H3,(H,23,24)/t18-/m1/s1. The first kappa shape index (κ1) is 24.4. The van der Waals surface area contributed by atoms with Crippen molar-refractivity contribution in [1.82, 2.24) is 0 Å². The first-order valence-corrected chi connectivity index (χ1v) is 10.0. The summed E-state index contributed by atoms with van der Waals surface area (Å²) in [5.74, 6) is 0.0363. The molecule has 1 rings (SSSR count). The highest BCUT2D eigenvalue weighted by atomic mass is 16.5. The number of carboxylic acid groups (broad SMARTS) is 1.